The number of pyridine rings is 1. The van der Waals surface area contributed by atoms with Crippen molar-refractivity contribution in [2.24, 2.45) is 0 Å². The molecule has 0 saturated carbocycles. The van der Waals surface area contributed by atoms with Crippen molar-refractivity contribution in [3.63, 3.8) is 0 Å². The molecule has 132 valence electrons. The van der Waals surface area contributed by atoms with Gasteiger partial charge in [-0.2, -0.15) is 0 Å². The number of benzene rings is 1. The van der Waals surface area contributed by atoms with E-state index in [1.165, 1.54) is 0 Å². The lowest BCUT2D eigenvalue weighted by Gasteiger charge is -2.34. The number of hydrogen-bond acceptors (Lipinski definition) is 6. The summed E-state index contributed by atoms with van der Waals surface area (Å²) in [6.07, 6.45) is 5.62. The summed E-state index contributed by atoms with van der Waals surface area (Å²) >= 11 is 0. The van der Waals surface area contributed by atoms with Gasteiger partial charge in [0.05, 0.1) is 23.5 Å². The highest BCUT2D eigenvalue weighted by molar-refractivity contribution is 5.99. The van der Waals surface area contributed by atoms with Crippen molar-refractivity contribution in [3.8, 4) is 0 Å². The molecule has 0 radical (unpaired) electrons. The first-order chi connectivity index (χ1) is 12.2. The van der Waals surface area contributed by atoms with Crippen LogP contribution in [0.15, 0.2) is 30.6 Å². The lowest BCUT2D eigenvalue weighted by atomic mass is 10.1. The molecule has 2 saturated heterocycles. The van der Waals surface area contributed by atoms with Crippen molar-refractivity contribution in [3.05, 3.63) is 40.7 Å². The van der Waals surface area contributed by atoms with Crippen LogP contribution in [0.25, 0.3) is 10.8 Å². The Hall–Kier alpha value is -2.25. The van der Waals surface area contributed by atoms with Gasteiger partial charge in [0.2, 0.25) is 0 Å². The number of nitrogens with zero attached hydrogens (tertiary/aromatic N) is 4. The minimum absolute atomic E-state index is 0.121. The molecule has 0 unspecified atom stereocenters. The summed E-state index contributed by atoms with van der Waals surface area (Å²) in [6, 6.07) is 5.85. The lowest BCUT2D eigenvalue weighted by molar-refractivity contribution is -0.383. The van der Waals surface area contributed by atoms with E-state index in [1.54, 1.807) is 18.5 Å². The maximum atomic E-state index is 11.3. The van der Waals surface area contributed by atoms with Crippen molar-refractivity contribution < 1.29 is 9.66 Å². The van der Waals surface area contributed by atoms with Crippen LogP contribution >= 0.6 is 0 Å². The number of nitro benzene ring substituents is 1. The molecule has 25 heavy (non-hydrogen) atoms. The number of hydrogen-bond donors (Lipinski definition) is 0. The lowest BCUT2D eigenvalue weighted by Crippen LogP contribution is -2.45. The zero-order valence-corrected chi connectivity index (χ0v) is 14.1. The number of ether oxygens (including phenoxy) is 1. The number of nitro groups is 1. The predicted molar refractivity (Wildman–Crippen MR) is 96.0 cm³/mol. The van der Waals surface area contributed by atoms with Gasteiger partial charge in [0, 0.05) is 61.8 Å². The van der Waals surface area contributed by atoms with Crippen molar-refractivity contribution in [1.29, 1.82) is 0 Å². The summed E-state index contributed by atoms with van der Waals surface area (Å²) in [5.74, 6) is 0. The topological polar surface area (TPSA) is 71.7 Å². The largest absolute Gasteiger partial charge is 0.379 e. The van der Waals surface area contributed by atoms with E-state index in [9.17, 15) is 10.1 Å². The molecule has 1 atom stereocenters. The van der Waals surface area contributed by atoms with Crippen molar-refractivity contribution in [1.82, 2.24) is 9.88 Å². The molecule has 0 spiro atoms. The van der Waals surface area contributed by atoms with Gasteiger partial charge in [-0.05, 0) is 25.0 Å². The van der Waals surface area contributed by atoms with Gasteiger partial charge in [0.25, 0.3) is 5.69 Å². The van der Waals surface area contributed by atoms with E-state index < -0.39 is 0 Å². The van der Waals surface area contributed by atoms with Crippen molar-refractivity contribution in [2.75, 3.05) is 44.3 Å². The summed E-state index contributed by atoms with van der Waals surface area (Å²) in [5.41, 5.74) is 1.20. The van der Waals surface area contributed by atoms with Crippen LogP contribution in [0, 0.1) is 10.1 Å². The summed E-state index contributed by atoms with van der Waals surface area (Å²) in [4.78, 5) is 20.0. The van der Waals surface area contributed by atoms with Crippen LogP contribution in [0.1, 0.15) is 12.8 Å². The molecular formula is C18H22N4O3. The van der Waals surface area contributed by atoms with Crippen molar-refractivity contribution in [2.45, 2.75) is 18.9 Å². The van der Waals surface area contributed by atoms with Gasteiger partial charge in [-0.15, -0.1) is 0 Å². The second-order valence-corrected chi connectivity index (χ2v) is 6.68. The number of aromatic nitrogens is 1. The van der Waals surface area contributed by atoms with Gasteiger partial charge in [0.1, 0.15) is 0 Å². The zero-order valence-electron chi connectivity index (χ0n) is 14.1. The molecule has 2 aliphatic rings. The molecule has 2 fully saturated rings. The van der Waals surface area contributed by atoms with E-state index in [1.807, 2.05) is 12.1 Å². The Morgan fingerprint density at radius 3 is 2.84 bits per heavy atom. The quantitative estimate of drug-likeness (QED) is 0.628. The fraction of sp³-hybridized carbons (Fsp3) is 0.500. The SMILES string of the molecule is O=[N+]([O-])c1ccc(N2CCC[C@@H]2CN2CCOCC2)c2ccncc12. The maximum Gasteiger partial charge on any atom is 0.278 e. The second-order valence-electron chi connectivity index (χ2n) is 6.68. The van der Waals surface area contributed by atoms with E-state index >= 15 is 0 Å². The Kier molecular flexibility index (Phi) is 4.50. The molecule has 2 aliphatic heterocycles. The van der Waals surface area contributed by atoms with Crippen LogP contribution < -0.4 is 4.90 Å². The number of non-ortho nitro benzene ring substituents is 1. The fourth-order valence-electron chi connectivity index (χ4n) is 3.99. The van der Waals surface area contributed by atoms with Gasteiger partial charge < -0.3 is 9.64 Å². The summed E-state index contributed by atoms with van der Waals surface area (Å²) < 4.78 is 5.44. The molecular weight excluding hydrogens is 320 g/mol. The van der Waals surface area contributed by atoms with Gasteiger partial charge >= 0.3 is 0 Å². The highest BCUT2D eigenvalue weighted by Crippen LogP contribution is 2.36. The Balaban J connectivity index is 1.66. The standard InChI is InChI=1S/C18H22N4O3/c23-22(24)18-4-3-17(15-5-6-19-12-16(15)18)21-7-1-2-14(21)13-20-8-10-25-11-9-20/h3-6,12,14H,1-2,7-11,13H2/t14-/m1/s1. The monoisotopic (exact) mass is 342 g/mol. The number of morpholine rings is 1. The Labute approximate surface area is 146 Å². The first kappa shape index (κ1) is 16.2. The summed E-state index contributed by atoms with van der Waals surface area (Å²) in [7, 11) is 0. The predicted octanol–water partition coefficient (Wildman–Crippen LogP) is 2.44. The summed E-state index contributed by atoms with van der Waals surface area (Å²) in [6.45, 7) is 5.58. The van der Waals surface area contributed by atoms with E-state index in [-0.39, 0.29) is 10.6 Å². The first-order valence-electron chi connectivity index (χ1n) is 8.82. The normalized spacial score (nSPS) is 21.8. The Morgan fingerprint density at radius 2 is 2.04 bits per heavy atom. The van der Waals surface area contributed by atoms with Crippen LogP contribution in [-0.4, -0.2) is 60.2 Å². The molecule has 3 heterocycles. The van der Waals surface area contributed by atoms with E-state index in [0.29, 0.717) is 11.4 Å². The Morgan fingerprint density at radius 1 is 1.20 bits per heavy atom. The smallest absolute Gasteiger partial charge is 0.278 e. The Bertz CT molecular complexity index is 776. The average molecular weight is 342 g/mol. The third-order valence-corrected chi connectivity index (χ3v) is 5.23. The van der Waals surface area contributed by atoms with Crippen LogP contribution in [0.2, 0.25) is 0 Å². The zero-order chi connectivity index (χ0) is 17.2. The van der Waals surface area contributed by atoms with Crippen molar-refractivity contribution >= 4 is 22.1 Å². The van der Waals surface area contributed by atoms with Gasteiger partial charge in [-0.25, -0.2) is 0 Å². The van der Waals surface area contributed by atoms with Crippen LogP contribution in [0.4, 0.5) is 11.4 Å². The molecule has 4 rings (SSSR count). The third-order valence-electron chi connectivity index (χ3n) is 5.23. The molecule has 7 heteroatoms. The maximum absolute atomic E-state index is 11.3. The molecule has 7 nitrogen and oxygen atoms in total. The third kappa shape index (κ3) is 3.17. The van der Waals surface area contributed by atoms with Crippen LogP contribution in [0.3, 0.4) is 0 Å². The number of anilines is 1. The van der Waals surface area contributed by atoms with Gasteiger partial charge in [0.15, 0.2) is 0 Å². The molecule has 1 aromatic heterocycles. The number of rotatable bonds is 4. The highest BCUT2D eigenvalue weighted by atomic mass is 16.6. The molecule has 0 bridgehead atoms. The van der Waals surface area contributed by atoms with Gasteiger partial charge in [-0.1, -0.05) is 0 Å². The van der Waals surface area contributed by atoms with E-state index in [2.05, 4.69) is 14.8 Å². The average Bonchev–Trinajstić information content (AvgIpc) is 3.09. The fourth-order valence-corrected chi connectivity index (χ4v) is 3.99. The second kappa shape index (κ2) is 6.93. The van der Waals surface area contributed by atoms with E-state index in [0.717, 1.165) is 63.3 Å². The first-order valence-corrected chi connectivity index (χ1v) is 8.82. The molecule has 1 aromatic carbocycles. The van der Waals surface area contributed by atoms with E-state index in [4.69, 9.17) is 4.74 Å². The molecule has 0 aliphatic carbocycles. The highest BCUT2D eigenvalue weighted by Gasteiger charge is 2.29. The van der Waals surface area contributed by atoms with Crippen LogP contribution in [-0.2, 0) is 4.74 Å². The minimum atomic E-state index is -0.330. The molecule has 0 amide bonds. The van der Waals surface area contributed by atoms with Crippen LogP contribution in [0.5, 0.6) is 0 Å². The van der Waals surface area contributed by atoms with Gasteiger partial charge in [-0.3, -0.25) is 20.0 Å². The number of fused-ring (bicyclic) bond motifs is 1. The summed E-state index contributed by atoms with van der Waals surface area (Å²) in [5, 5.41) is 12.8. The molecule has 2 aromatic rings. The minimum Gasteiger partial charge on any atom is -0.379 e. The molecule has 0 N–H and O–H groups in total.